The lowest BCUT2D eigenvalue weighted by Crippen LogP contribution is -2.37. The molecule has 0 bridgehead atoms. The number of hydrogen-bond donors (Lipinski definition) is 1. The summed E-state index contributed by atoms with van der Waals surface area (Å²) in [6.07, 6.45) is -8.60. The molecule has 0 spiro atoms. The van der Waals surface area contributed by atoms with E-state index in [0.717, 1.165) is 6.07 Å². The highest BCUT2D eigenvalue weighted by atomic mass is 19.3. The Morgan fingerprint density at radius 2 is 2.00 bits per heavy atom. The summed E-state index contributed by atoms with van der Waals surface area (Å²) in [6, 6.07) is 5.19. The SMILES string of the molecule is Cc1cccc(C(OC(=O)O)C(F)(F)C(F)F)c1. The standard InChI is InChI=1S/C11H10F4O3/c1-6-3-2-4-7(5-6)8(18-10(16)17)11(14,15)9(12)13/h2-5,8-9H,1H3,(H,16,17). The van der Waals surface area contributed by atoms with Gasteiger partial charge in [0.1, 0.15) is 0 Å². The molecular weight excluding hydrogens is 256 g/mol. The number of halogens is 4. The van der Waals surface area contributed by atoms with Crippen molar-refractivity contribution in [2.75, 3.05) is 0 Å². The molecule has 1 aromatic rings. The van der Waals surface area contributed by atoms with Gasteiger partial charge in [-0.25, -0.2) is 13.6 Å². The fourth-order valence-corrected chi connectivity index (χ4v) is 1.42. The quantitative estimate of drug-likeness (QED) is 0.668. The van der Waals surface area contributed by atoms with Crippen LogP contribution in [0.5, 0.6) is 0 Å². The maximum absolute atomic E-state index is 13.3. The molecule has 1 atom stereocenters. The molecule has 1 N–H and O–H groups in total. The third-order valence-corrected chi connectivity index (χ3v) is 2.20. The average Bonchev–Trinajstić information content (AvgIpc) is 2.25. The van der Waals surface area contributed by atoms with E-state index in [-0.39, 0.29) is 5.56 Å². The number of hydrogen-bond acceptors (Lipinski definition) is 2. The molecule has 0 saturated heterocycles. The molecule has 0 aliphatic carbocycles. The highest BCUT2D eigenvalue weighted by molar-refractivity contribution is 5.57. The fraction of sp³-hybridized carbons (Fsp3) is 0.364. The molecule has 0 aliphatic rings. The minimum absolute atomic E-state index is 0.317. The van der Waals surface area contributed by atoms with Crippen LogP contribution in [0, 0.1) is 6.92 Å². The van der Waals surface area contributed by atoms with E-state index in [1.165, 1.54) is 12.1 Å². The van der Waals surface area contributed by atoms with Gasteiger partial charge in [0.15, 0.2) is 6.10 Å². The van der Waals surface area contributed by atoms with Gasteiger partial charge in [-0.1, -0.05) is 29.8 Å². The Balaban J connectivity index is 3.17. The van der Waals surface area contributed by atoms with E-state index < -0.39 is 24.6 Å². The van der Waals surface area contributed by atoms with Crippen molar-refractivity contribution in [2.24, 2.45) is 0 Å². The van der Waals surface area contributed by atoms with Crippen LogP contribution in [0.1, 0.15) is 17.2 Å². The first-order valence-electron chi connectivity index (χ1n) is 4.87. The third-order valence-electron chi connectivity index (χ3n) is 2.20. The molecule has 0 amide bonds. The van der Waals surface area contributed by atoms with E-state index in [1.54, 1.807) is 13.0 Å². The molecule has 0 fully saturated rings. The van der Waals surface area contributed by atoms with E-state index in [9.17, 15) is 22.4 Å². The van der Waals surface area contributed by atoms with Crippen LogP contribution in [0.15, 0.2) is 24.3 Å². The summed E-state index contributed by atoms with van der Waals surface area (Å²) >= 11 is 0. The largest absolute Gasteiger partial charge is 0.506 e. The lowest BCUT2D eigenvalue weighted by molar-refractivity contribution is -0.197. The molecule has 7 heteroatoms. The lowest BCUT2D eigenvalue weighted by atomic mass is 10.0. The number of ether oxygens (including phenoxy) is 1. The van der Waals surface area contributed by atoms with Gasteiger partial charge in [0, 0.05) is 0 Å². The molecule has 18 heavy (non-hydrogen) atoms. The van der Waals surface area contributed by atoms with Gasteiger partial charge in [-0.15, -0.1) is 0 Å². The highest BCUT2D eigenvalue weighted by Gasteiger charge is 2.52. The second-order valence-electron chi connectivity index (χ2n) is 3.65. The molecule has 3 nitrogen and oxygen atoms in total. The van der Waals surface area contributed by atoms with Crippen LogP contribution in [0.4, 0.5) is 22.4 Å². The zero-order valence-electron chi connectivity index (χ0n) is 9.24. The molecule has 100 valence electrons. The molecule has 0 saturated carbocycles. The molecule has 0 aliphatic heterocycles. The van der Waals surface area contributed by atoms with Gasteiger partial charge < -0.3 is 9.84 Å². The number of carbonyl (C=O) groups is 1. The highest BCUT2D eigenvalue weighted by Crippen LogP contribution is 2.39. The smallest absolute Gasteiger partial charge is 0.450 e. The third kappa shape index (κ3) is 3.12. The Hall–Kier alpha value is -1.79. The van der Waals surface area contributed by atoms with Gasteiger partial charge in [0.05, 0.1) is 0 Å². The van der Waals surface area contributed by atoms with Crippen LogP contribution in [0.2, 0.25) is 0 Å². The Kier molecular flexibility index (Phi) is 4.15. The number of benzene rings is 1. The summed E-state index contributed by atoms with van der Waals surface area (Å²) in [6.45, 7) is 1.56. The first-order chi connectivity index (χ1) is 8.25. The van der Waals surface area contributed by atoms with E-state index in [0.29, 0.717) is 5.56 Å². The minimum Gasteiger partial charge on any atom is -0.450 e. The molecule has 0 radical (unpaired) electrons. The van der Waals surface area contributed by atoms with Gasteiger partial charge in [-0.05, 0) is 12.5 Å². The van der Waals surface area contributed by atoms with Crippen LogP contribution in [-0.4, -0.2) is 23.6 Å². The zero-order valence-corrected chi connectivity index (χ0v) is 9.24. The molecular formula is C11H10F4O3. The fourth-order valence-electron chi connectivity index (χ4n) is 1.42. The summed E-state index contributed by atoms with van der Waals surface area (Å²) in [7, 11) is 0. The van der Waals surface area contributed by atoms with Crippen molar-refractivity contribution in [3.63, 3.8) is 0 Å². The second-order valence-corrected chi connectivity index (χ2v) is 3.65. The van der Waals surface area contributed by atoms with Crippen LogP contribution >= 0.6 is 0 Å². The van der Waals surface area contributed by atoms with Gasteiger partial charge in [-0.2, -0.15) is 8.78 Å². The predicted octanol–water partition coefficient (Wildman–Crippen LogP) is 3.63. The maximum atomic E-state index is 13.3. The molecule has 1 aromatic carbocycles. The van der Waals surface area contributed by atoms with Crippen molar-refractivity contribution < 1.29 is 32.2 Å². The van der Waals surface area contributed by atoms with Crippen molar-refractivity contribution >= 4 is 6.16 Å². The maximum Gasteiger partial charge on any atom is 0.506 e. The van der Waals surface area contributed by atoms with E-state index in [1.807, 2.05) is 0 Å². The Bertz CT molecular complexity index is 434. The van der Waals surface area contributed by atoms with Crippen LogP contribution in [-0.2, 0) is 4.74 Å². The topological polar surface area (TPSA) is 46.5 Å². The van der Waals surface area contributed by atoms with Gasteiger partial charge >= 0.3 is 18.5 Å². The Labute approximate surface area is 100.0 Å². The minimum atomic E-state index is -4.59. The first-order valence-corrected chi connectivity index (χ1v) is 4.87. The number of aryl methyl sites for hydroxylation is 1. The van der Waals surface area contributed by atoms with Crippen molar-refractivity contribution in [1.82, 2.24) is 0 Å². The zero-order chi connectivity index (χ0) is 13.9. The summed E-state index contributed by atoms with van der Waals surface area (Å²) < 4.78 is 55.0. The summed E-state index contributed by atoms with van der Waals surface area (Å²) in [4.78, 5) is 10.3. The van der Waals surface area contributed by atoms with E-state index >= 15 is 0 Å². The van der Waals surface area contributed by atoms with Crippen molar-refractivity contribution in [3.8, 4) is 0 Å². The Morgan fingerprint density at radius 3 is 2.44 bits per heavy atom. The van der Waals surface area contributed by atoms with E-state index in [2.05, 4.69) is 4.74 Å². The molecule has 1 rings (SSSR count). The number of rotatable bonds is 4. The van der Waals surface area contributed by atoms with Crippen LogP contribution in [0.25, 0.3) is 0 Å². The van der Waals surface area contributed by atoms with Crippen LogP contribution in [0.3, 0.4) is 0 Å². The second kappa shape index (κ2) is 5.24. The molecule has 0 aromatic heterocycles. The summed E-state index contributed by atoms with van der Waals surface area (Å²) in [5.41, 5.74) is 0.208. The van der Waals surface area contributed by atoms with Gasteiger partial charge in [0.25, 0.3) is 0 Å². The normalized spacial score (nSPS) is 13.4. The monoisotopic (exact) mass is 266 g/mol. The van der Waals surface area contributed by atoms with Gasteiger partial charge in [-0.3, -0.25) is 0 Å². The number of alkyl halides is 4. The predicted molar refractivity (Wildman–Crippen MR) is 54.0 cm³/mol. The van der Waals surface area contributed by atoms with Gasteiger partial charge in [0.2, 0.25) is 0 Å². The Morgan fingerprint density at radius 1 is 1.39 bits per heavy atom. The van der Waals surface area contributed by atoms with Crippen LogP contribution < -0.4 is 0 Å². The average molecular weight is 266 g/mol. The summed E-state index contributed by atoms with van der Waals surface area (Å²) in [5.74, 6) is -4.59. The van der Waals surface area contributed by atoms with Crippen molar-refractivity contribution in [2.45, 2.75) is 25.4 Å². The molecule has 0 heterocycles. The number of carboxylic acid groups (broad SMARTS) is 1. The first kappa shape index (κ1) is 14.3. The van der Waals surface area contributed by atoms with Crippen molar-refractivity contribution in [3.05, 3.63) is 35.4 Å². The van der Waals surface area contributed by atoms with Crippen molar-refractivity contribution in [1.29, 1.82) is 0 Å². The van der Waals surface area contributed by atoms with E-state index in [4.69, 9.17) is 5.11 Å². The molecule has 1 unspecified atom stereocenters. The lowest BCUT2D eigenvalue weighted by Gasteiger charge is -2.25. The summed E-state index contributed by atoms with van der Waals surface area (Å²) in [5, 5.41) is 8.36.